The third-order valence-electron chi connectivity index (χ3n) is 3.01. The van der Waals surface area contributed by atoms with Crippen LogP contribution >= 0.6 is 23.4 Å². The normalized spacial score (nSPS) is 12.1. The molecule has 0 aliphatic rings. The van der Waals surface area contributed by atoms with Gasteiger partial charge in [0.25, 0.3) is 0 Å². The van der Waals surface area contributed by atoms with Gasteiger partial charge in [0.1, 0.15) is 0 Å². The summed E-state index contributed by atoms with van der Waals surface area (Å²) in [7, 11) is 0. The molecule has 20 heavy (non-hydrogen) atoms. The molecular weight excluding hydrogens is 284 g/mol. The standard InChI is InChI=1S/C18H19ClS/c1-2-3-14-17(20-16-12-8-5-9-13-16)18(19)15-10-6-4-7-11-15/h4-13H,2-3,14H2,1H3/b18-17+. The van der Waals surface area contributed by atoms with Crippen molar-refractivity contribution in [2.45, 2.75) is 31.1 Å². The first-order valence-corrected chi connectivity index (χ1v) is 8.17. The van der Waals surface area contributed by atoms with Crippen LogP contribution in [0.25, 0.3) is 5.03 Å². The van der Waals surface area contributed by atoms with E-state index in [0.29, 0.717) is 0 Å². The summed E-state index contributed by atoms with van der Waals surface area (Å²) >= 11 is 8.40. The quantitative estimate of drug-likeness (QED) is 0.543. The number of thioether (sulfide) groups is 1. The molecule has 0 nitrogen and oxygen atoms in total. The zero-order valence-corrected chi connectivity index (χ0v) is 13.3. The Morgan fingerprint density at radius 3 is 2.15 bits per heavy atom. The van der Waals surface area contributed by atoms with E-state index in [2.05, 4.69) is 43.3 Å². The Morgan fingerprint density at radius 1 is 0.950 bits per heavy atom. The van der Waals surface area contributed by atoms with E-state index < -0.39 is 0 Å². The van der Waals surface area contributed by atoms with Crippen molar-refractivity contribution in [3.05, 3.63) is 71.1 Å². The lowest BCUT2D eigenvalue weighted by Crippen LogP contribution is -1.85. The molecule has 0 unspecified atom stereocenters. The van der Waals surface area contributed by atoms with E-state index in [0.717, 1.165) is 23.4 Å². The molecule has 2 rings (SSSR count). The van der Waals surface area contributed by atoms with E-state index >= 15 is 0 Å². The summed E-state index contributed by atoms with van der Waals surface area (Å²) in [4.78, 5) is 2.50. The van der Waals surface area contributed by atoms with Gasteiger partial charge in [0.15, 0.2) is 0 Å². The van der Waals surface area contributed by atoms with Crippen molar-refractivity contribution in [1.29, 1.82) is 0 Å². The number of hydrogen-bond donors (Lipinski definition) is 0. The largest absolute Gasteiger partial charge is 0.0930 e. The van der Waals surface area contributed by atoms with E-state index in [1.807, 2.05) is 24.3 Å². The van der Waals surface area contributed by atoms with Crippen molar-refractivity contribution in [3.8, 4) is 0 Å². The van der Waals surface area contributed by atoms with E-state index in [-0.39, 0.29) is 0 Å². The van der Waals surface area contributed by atoms with Crippen LogP contribution in [0.3, 0.4) is 0 Å². The molecule has 0 aliphatic heterocycles. The molecule has 2 aromatic rings. The first kappa shape index (κ1) is 15.2. The van der Waals surface area contributed by atoms with Gasteiger partial charge in [-0.25, -0.2) is 0 Å². The van der Waals surface area contributed by atoms with E-state index in [4.69, 9.17) is 11.6 Å². The highest BCUT2D eigenvalue weighted by atomic mass is 35.5. The van der Waals surface area contributed by atoms with Crippen molar-refractivity contribution in [2.24, 2.45) is 0 Å². The van der Waals surface area contributed by atoms with Gasteiger partial charge in [-0.05, 0) is 30.5 Å². The molecular formula is C18H19ClS. The van der Waals surface area contributed by atoms with E-state index in [1.165, 1.54) is 16.2 Å². The molecule has 0 N–H and O–H groups in total. The molecule has 0 saturated carbocycles. The third kappa shape index (κ3) is 4.43. The average Bonchev–Trinajstić information content (AvgIpc) is 2.52. The third-order valence-corrected chi connectivity index (χ3v) is 4.73. The number of benzene rings is 2. The van der Waals surface area contributed by atoms with E-state index in [9.17, 15) is 0 Å². The van der Waals surface area contributed by atoms with Gasteiger partial charge in [-0.2, -0.15) is 0 Å². The molecule has 0 atom stereocenters. The maximum absolute atomic E-state index is 6.62. The molecule has 0 saturated heterocycles. The molecule has 0 fully saturated rings. The molecule has 0 heterocycles. The van der Waals surface area contributed by atoms with Crippen LogP contribution in [0.2, 0.25) is 0 Å². The van der Waals surface area contributed by atoms with Gasteiger partial charge < -0.3 is 0 Å². The Balaban J connectivity index is 2.26. The fraction of sp³-hybridized carbons (Fsp3) is 0.222. The highest BCUT2D eigenvalue weighted by Gasteiger charge is 2.08. The molecule has 104 valence electrons. The van der Waals surface area contributed by atoms with Crippen LogP contribution in [0.1, 0.15) is 31.7 Å². The molecule has 0 aliphatic carbocycles. The summed E-state index contributed by atoms with van der Waals surface area (Å²) in [5.74, 6) is 0. The van der Waals surface area contributed by atoms with Crippen LogP contribution in [0, 0.1) is 0 Å². The van der Waals surface area contributed by atoms with Crippen molar-refractivity contribution >= 4 is 28.4 Å². The van der Waals surface area contributed by atoms with Gasteiger partial charge in [-0.3, -0.25) is 0 Å². The fourth-order valence-corrected chi connectivity index (χ4v) is 3.29. The minimum atomic E-state index is 0.882. The Bertz CT molecular complexity index is 546. The molecule has 2 aromatic carbocycles. The van der Waals surface area contributed by atoms with E-state index in [1.54, 1.807) is 11.8 Å². The molecule has 0 amide bonds. The second-order valence-corrected chi connectivity index (χ2v) is 6.17. The summed E-state index contributed by atoms with van der Waals surface area (Å²) in [5, 5.41) is 0.882. The SMILES string of the molecule is CCCC/C(Sc1ccccc1)=C(\Cl)c1ccccc1. The van der Waals surface area contributed by atoms with Crippen molar-refractivity contribution < 1.29 is 0 Å². The number of rotatable bonds is 6. The molecule has 0 spiro atoms. The van der Waals surface area contributed by atoms with Crippen molar-refractivity contribution in [2.75, 3.05) is 0 Å². The number of allylic oxidation sites excluding steroid dienone is 1. The molecule has 2 heteroatoms. The second kappa shape index (κ2) is 8.18. The predicted molar refractivity (Wildman–Crippen MR) is 91.0 cm³/mol. The van der Waals surface area contributed by atoms with Gasteiger partial charge >= 0.3 is 0 Å². The van der Waals surface area contributed by atoms with Crippen LogP contribution < -0.4 is 0 Å². The van der Waals surface area contributed by atoms with Crippen LogP contribution in [0.4, 0.5) is 0 Å². The van der Waals surface area contributed by atoms with Gasteiger partial charge in [-0.1, -0.05) is 85.2 Å². The van der Waals surface area contributed by atoms with Gasteiger partial charge in [-0.15, -0.1) is 0 Å². The maximum Gasteiger partial charge on any atom is 0.0576 e. The van der Waals surface area contributed by atoms with Gasteiger partial charge in [0.2, 0.25) is 0 Å². The van der Waals surface area contributed by atoms with Gasteiger partial charge in [0.05, 0.1) is 5.03 Å². The van der Waals surface area contributed by atoms with Crippen LogP contribution in [0.5, 0.6) is 0 Å². The molecule has 0 aromatic heterocycles. The Labute approximate surface area is 130 Å². The Morgan fingerprint density at radius 2 is 1.55 bits per heavy atom. The minimum absolute atomic E-state index is 0.882. The van der Waals surface area contributed by atoms with Gasteiger partial charge in [0, 0.05) is 9.80 Å². The fourth-order valence-electron chi connectivity index (χ4n) is 1.92. The predicted octanol–water partition coefficient (Wildman–Crippen LogP) is 6.58. The summed E-state index contributed by atoms with van der Waals surface area (Å²) in [6.07, 6.45) is 3.37. The average molecular weight is 303 g/mol. The minimum Gasteiger partial charge on any atom is -0.0930 e. The lowest BCUT2D eigenvalue weighted by molar-refractivity contribution is 0.810. The number of hydrogen-bond acceptors (Lipinski definition) is 1. The molecule has 0 radical (unpaired) electrons. The second-order valence-electron chi connectivity index (χ2n) is 4.62. The highest BCUT2D eigenvalue weighted by molar-refractivity contribution is 8.03. The first-order valence-electron chi connectivity index (χ1n) is 6.98. The maximum atomic E-state index is 6.62. The Hall–Kier alpha value is -1.18. The summed E-state index contributed by atoms with van der Waals surface area (Å²) in [5.41, 5.74) is 1.10. The van der Waals surface area contributed by atoms with Crippen molar-refractivity contribution in [3.63, 3.8) is 0 Å². The lowest BCUT2D eigenvalue weighted by atomic mass is 10.1. The number of unbranched alkanes of at least 4 members (excludes halogenated alkanes) is 1. The van der Waals surface area contributed by atoms with Crippen LogP contribution in [-0.4, -0.2) is 0 Å². The monoisotopic (exact) mass is 302 g/mol. The van der Waals surface area contributed by atoms with Crippen LogP contribution in [-0.2, 0) is 0 Å². The zero-order chi connectivity index (χ0) is 14.2. The first-order chi connectivity index (χ1) is 9.81. The smallest absolute Gasteiger partial charge is 0.0576 e. The summed E-state index contributed by atoms with van der Waals surface area (Å²) in [6.45, 7) is 2.21. The number of halogens is 1. The zero-order valence-electron chi connectivity index (χ0n) is 11.7. The van der Waals surface area contributed by atoms with Crippen LogP contribution in [0.15, 0.2) is 70.5 Å². The Kier molecular flexibility index (Phi) is 6.23. The lowest BCUT2D eigenvalue weighted by Gasteiger charge is -2.10. The summed E-state index contributed by atoms with van der Waals surface area (Å²) in [6, 6.07) is 20.6. The summed E-state index contributed by atoms with van der Waals surface area (Å²) < 4.78 is 0. The van der Waals surface area contributed by atoms with Crippen molar-refractivity contribution in [1.82, 2.24) is 0 Å². The molecule has 0 bridgehead atoms. The highest BCUT2D eigenvalue weighted by Crippen LogP contribution is 2.37. The topological polar surface area (TPSA) is 0 Å².